The minimum absolute atomic E-state index is 0.0949. The van der Waals surface area contributed by atoms with E-state index in [1.807, 2.05) is 0 Å². The van der Waals surface area contributed by atoms with Gasteiger partial charge in [-0.1, -0.05) is 22.0 Å². The molecular weight excluding hydrogens is 555 g/mol. The number of morpholine rings is 1. The molecule has 36 heavy (non-hydrogen) atoms. The fraction of sp³-hybridized carbons (Fsp3) is 0.417. The molecule has 1 saturated heterocycles. The lowest BCUT2D eigenvalue weighted by molar-refractivity contribution is -0.170. The van der Waals surface area contributed by atoms with Gasteiger partial charge in [-0.05, 0) is 38.5 Å². The number of carbonyl (C=O) groups excluding carboxylic acids is 1. The summed E-state index contributed by atoms with van der Waals surface area (Å²) in [4.78, 5) is 36.4. The second kappa shape index (κ2) is 10.8. The first-order valence-corrected chi connectivity index (χ1v) is 13.0. The van der Waals surface area contributed by atoms with Gasteiger partial charge in [-0.2, -0.15) is 0 Å². The van der Waals surface area contributed by atoms with Crippen LogP contribution in [-0.2, 0) is 19.1 Å². The fourth-order valence-corrected chi connectivity index (χ4v) is 5.62. The number of hydrogen-bond acceptors (Lipinski definition) is 9. The lowest BCUT2D eigenvalue weighted by Crippen LogP contribution is -2.61. The molecule has 9 nitrogen and oxygen atoms in total. The van der Waals surface area contributed by atoms with Gasteiger partial charge in [0, 0.05) is 34.8 Å². The normalized spacial score (nSPS) is 22.1. The lowest BCUT2D eigenvalue weighted by atomic mass is 9.92. The van der Waals surface area contributed by atoms with Gasteiger partial charge >= 0.3 is 11.9 Å². The van der Waals surface area contributed by atoms with Crippen LogP contribution >= 0.6 is 27.3 Å². The van der Waals surface area contributed by atoms with Gasteiger partial charge in [0.15, 0.2) is 10.8 Å². The maximum absolute atomic E-state index is 13.9. The standard InChI is InChI=1S/C24H26BrFN4O5S/c1-4-34-23(33)17-16(12-30-8-9-35-24(2,3)19(30)22(31)32)28-20(21-27-7-10-36-21)29-18(17)14-6-5-13(26)11-15(14)25/h5-7,10-11,18-19H,4,8-9,12H2,1-3H3,(H,28,29)(H,31,32)/t18?,19-/m1/s1. The maximum atomic E-state index is 13.9. The van der Waals surface area contributed by atoms with Crippen molar-refractivity contribution < 1.29 is 28.6 Å². The number of carbonyl (C=O) groups is 2. The van der Waals surface area contributed by atoms with Crippen LogP contribution in [0.2, 0.25) is 0 Å². The molecule has 0 amide bonds. The van der Waals surface area contributed by atoms with Gasteiger partial charge in [0.05, 0.1) is 24.4 Å². The summed E-state index contributed by atoms with van der Waals surface area (Å²) in [6.45, 7) is 6.07. The van der Waals surface area contributed by atoms with Crippen LogP contribution in [0.1, 0.15) is 37.4 Å². The summed E-state index contributed by atoms with van der Waals surface area (Å²) < 4.78 is 25.5. The highest BCUT2D eigenvalue weighted by Gasteiger charge is 2.45. The van der Waals surface area contributed by atoms with Crippen LogP contribution in [0.4, 0.5) is 4.39 Å². The van der Waals surface area contributed by atoms with Crippen LogP contribution in [0.25, 0.3) is 0 Å². The summed E-state index contributed by atoms with van der Waals surface area (Å²) >= 11 is 4.77. The minimum Gasteiger partial charge on any atom is -0.480 e. The molecule has 192 valence electrons. The number of nitrogens with one attached hydrogen (secondary N) is 1. The smallest absolute Gasteiger partial charge is 0.338 e. The van der Waals surface area contributed by atoms with Crippen LogP contribution < -0.4 is 5.32 Å². The SMILES string of the molecule is CCOC(=O)C1=C(CN2CCOC(C)(C)[C@H]2C(=O)O)NC(c2nccs2)=NC1c1ccc(F)cc1Br. The molecule has 0 aliphatic carbocycles. The summed E-state index contributed by atoms with van der Waals surface area (Å²) in [5, 5.41) is 15.6. The van der Waals surface area contributed by atoms with Crippen LogP contribution in [-0.4, -0.2) is 70.7 Å². The van der Waals surface area contributed by atoms with E-state index < -0.39 is 35.4 Å². The number of benzene rings is 1. The summed E-state index contributed by atoms with van der Waals surface area (Å²) in [6, 6.07) is 2.37. The zero-order valence-corrected chi connectivity index (χ0v) is 22.4. The largest absolute Gasteiger partial charge is 0.480 e. The molecule has 2 aliphatic heterocycles. The van der Waals surface area contributed by atoms with E-state index in [2.05, 4.69) is 26.2 Å². The molecule has 2 atom stereocenters. The molecule has 0 radical (unpaired) electrons. The van der Waals surface area contributed by atoms with Gasteiger partial charge in [0.2, 0.25) is 0 Å². The molecular formula is C24H26BrFN4O5S. The molecule has 1 aromatic heterocycles. The van der Waals surface area contributed by atoms with Crippen molar-refractivity contribution in [1.82, 2.24) is 15.2 Å². The van der Waals surface area contributed by atoms with Crippen LogP contribution in [0.5, 0.6) is 0 Å². The van der Waals surface area contributed by atoms with E-state index in [0.29, 0.717) is 39.7 Å². The van der Waals surface area contributed by atoms with Gasteiger partial charge in [-0.25, -0.2) is 14.2 Å². The zero-order chi connectivity index (χ0) is 26.0. The number of thiazole rings is 1. The Labute approximate surface area is 220 Å². The third-order valence-electron chi connectivity index (χ3n) is 5.98. The summed E-state index contributed by atoms with van der Waals surface area (Å²) in [5.41, 5.74) is 0.274. The number of esters is 1. The monoisotopic (exact) mass is 580 g/mol. The molecule has 0 saturated carbocycles. The number of aromatic nitrogens is 1. The molecule has 0 spiro atoms. The van der Waals surface area contributed by atoms with Crippen LogP contribution in [0.3, 0.4) is 0 Å². The topological polar surface area (TPSA) is 113 Å². The van der Waals surface area contributed by atoms with Crippen molar-refractivity contribution in [2.75, 3.05) is 26.3 Å². The molecule has 2 aliphatic rings. The van der Waals surface area contributed by atoms with Gasteiger partial charge in [0.25, 0.3) is 0 Å². The number of aliphatic carboxylic acids is 1. The van der Waals surface area contributed by atoms with E-state index in [1.54, 1.807) is 43.3 Å². The average molecular weight is 581 g/mol. The van der Waals surface area contributed by atoms with E-state index >= 15 is 0 Å². The Balaban J connectivity index is 1.85. The third kappa shape index (κ3) is 5.36. The minimum atomic E-state index is -1.03. The Kier molecular flexibility index (Phi) is 7.88. The molecule has 3 heterocycles. The number of carboxylic acid groups (broad SMARTS) is 1. The predicted octanol–water partition coefficient (Wildman–Crippen LogP) is 3.52. The first kappa shape index (κ1) is 26.4. The lowest BCUT2D eigenvalue weighted by Gasteiger charge is -2.44. The number of ether oxygens (including phenoxy) is 2. The second-order valence-electron chi connectivity index (χ2n) is 8.78. The molecule has 4 rings (SSSR count). The Morgan fingerprint density at radius 1 is 1.42 bits per heavy atom. The van der Waals surface area contributed by atoms with E-state index in [4.69, 9.17) is 14.5 Å². The van der Waals surface area contributed by atoms with Gasteiger partial charge in [-0.15, -0.1) is 11.3 Å². The fourth-order valence-electron chi connectivity index (χ4n) is 4.47. The van der Waals surface area contributed by atoms with Crippen molar-refractivity contribution in [2.24, 2.45) is 4.99 Å². The van der Waals surface area contributed by atoms with Gasteiger partial charge < -0.3 is 19.9 Å². The highest BCUT2D eigenvalue weighted by Crippen LogP contribution is 2.37. The van der Waals surface area contributed by atoms with Crippen molar-refractivity contribution in [1.29, 1.82) is 0 Å². The van der Waals surface area contributed by atoms with Crippen molar-refractivity contribution in [3.05, 3.63) is 61.9 Å². The molecule has 2 aromatic rings. The van der Waals surface area contributed by atoms with Crippen molar-refractivity contribution in [2.45, 2.75) is 38.5 Å². The number of aliphatic imine (C=N–C) groups is 1. The number of carboxylic acids is 1. The average Bonchev–Trinajstić information content (AvgIpc) is 3.33. The Morgan fingerprint density at radius 2 is 2.19 bits per heavy atom. The van der Waals surface area contributed by atoms with E-state index in [9.17, 15) is 19.1 Å². The Bertz CT molecular complexity index is 1220. The summed E-state index contributed by atoms with van der Waals surface area (Å²) in [6.07, 6.45) is 1.64. The summed E-state index contributed by atoms with van der Waals surface area (Å²) in [5.74, 6) is -1.64. The van der Waals surface area contributed by atoms with Crippen LogP contribution in [0.15, 0.2) is 50.5 Å². The van der Waals surface area contributed by atoms with Crippen molar-refractivity contribution in [3.63, 3.8) is 0 Å². The van der Waals surface area contributed by atoms with Crippen molar-refractivity contribution in [3.8, 4) is 0 Å². The van der Waals surface area contributed by atoms with E-state index in [-0.39, 0.29) is 18.7 Å². The van der Waals surface area contributed by atoms with Crippen molar-refractivity contribution >= 4 is 45.0 Å². The number of halogens is 2. The highest BCUT2D eigenvalue weighted by atomic mass is 79.9. The molecule has 12 heteroatoms. The molecule has 1 aromatic carbocycles. The highest BCUT2D eigenvalue weighted by molar-refractivity contribution is 9.10. The number of hydrogen-bond donors (Lipinski definition) is 2. The quantitative estimate of drug-likeness (QED) is 0.478. The molecule has 1 unspecified atom stereocenters. The number of amidine groups is 1. The van der Waals surface area contributed by atoms with Crippen LogP contribution in [0, 0.1) is 5.82 Å². The summed E-state index contributed by atoms with van der Waals surface area (Å²) in [7, 11) is 0. The van der Waals surface area contributed by atoms with Gasteiger partial charge in [0.1, 0.15) is 17.9 Å². The van der Waals surface area contributed by atoms with E-state index in [1.165, 1.54) is 23.5 Å². The maximum Gasteiger partial charge on any atom is 0.338 e. The van der Waals surface area contributed by atoms with E-state index in [0.717, 1.165) is 0 Å². The Morgan fingerprint density at radius 3 is 2.83 bits per heavy atom. The first-order chi connectivity index (χ1) is 17.1. The first-order valence-electron chi connectivity index (χ1n) is 11.3. The third-order valence-corrected chi connectivity index (χ3v) is 7.45. The number of rotatable bonds is 7. The predicted molar refractivity (Wildman–Crippen MR) is 135 cm³/mol. The Hall–Kier alpha value is -2.67. The second-order valence-corrected chi connectivity index (χ2v) is 10.5. The molecule has 1 fully saturated rings. The van der Waals surface area contributed by atoms with Gasteiger partial charge in [-0.3, -0.25) is 14.7 Å². The number of nitrogens with zero attached hydrogens (tertiary/aromatic N) is 3. The zero-order valence-electron chi connectivity index (χ0n) is 20.0. The molecule has 0 bridgehead atoms. The molecule has 2 N–H and O–H groups in total.